The summed E-state index contributed by atoms with van der Waals surface area (Å²) in [7, 11) is -2.02. The molecule has 0 atom stereocenters. The number of benzene rings is 3. The van der Waals surface area contributed by atoms with Crippen LogP contribution < -0.4 is 5.30 Å². The van der Waals surface area contributed by atoms with E-state index in [9.17, 15) is 0 Å². The molecule has 0 bridgehead atoms. The van der Waals surface area contributed by atoms with E-state index in [1.165, 1.54) is 53.5 Å². The molecule has 1 aliphatic heterocycles. The van der Waals surface area contributed by atoms with Gasteiger partial charge in [-0.15, -0.1) is 0 Å². The van der Waals surface area contributed by atoms with Gasteiger partial charge in [-0.3, -0.25) is 0 Å². The summed E-state index contributed by atoms with van der Waals surface area (Å²) in [5, 5.41) is 4.16. The van der Waals surface area contributed by atoms with Crippen LogP contribution in [-0.2, 0) is 6.16 Å². The molecule has 1 aromatic heterocycles. The van der Waals surface area contributed by atoms with Crippen LogP contribution in [0.4, 0.5) is 0 Å². The van der Waals surface area contributed by atoms with Gasteiger partial charge in [0.2, 0.25) is 0 Å². The molecular formula is C29H28NPS. The first-order chi connectivity index (χ1) is 15.5. The minimum absolute atomic E-state index is 1.01. The van der Waals surface area contributed by atoms with Crippen LogP contribution in [-0.4, -0.2) is 12.4 Å². The molecule has 0 spiro atoms. The normalized spacial score (nSPS) is 16.5. The van der Waals surface area contributed by atoms with Gasteiger partial charge in [0.1, 0.15) is 0 Å². The summed E-state index contributed by atoms with van der Waals surface area (Å²) < 4.78 is 8.02. The molecule has 0 fully saturated rings. The average Bonchev–Trinajstić information content (AvgIpc) is 3.28. The number of nitrogens with zero attached hydrogens (tertiary/aromatic N) is 1. The van der Waals surface area contributed by atoms with E-state index in [-0.39, 0.29) is 0 Å². The van der Waals surface area contributed by atoms with Crippen molar-refractivity contribution < 1.29 is 0 Å². The molecule has 3 aromatic carbocycles. The van der Waals surface area contributed by atoms with E-state index >= 15 is 0 Å². The molecule has 32 heavy (non-hydrogen) atoms. The third kappa shape index (κ3) is 3.48. The maximum atomic E-state index is 5.29. The molecule has 0 aliphatic carbocycles. The third-order valence-corrected chi connectivity index (χ3v) is 11.2. The van der Waals surface area contributed by atoms with Gasteiger partial charge in [-0.25, -0.2) is 0 Å². The molecule has 2 heterocycles. The zero-order chi connectivity index (χ0) is 22.3. The standard InChI is InChI=1S/C29H28NPS/c1-5-6-7-12-20(2)28-22(17-18-25-24-14-9-11-16-27(24)32-29(25)28)19-31(4)26-15-10-8-13-23(26)21(3)30-31/h5-18,31H,1,19H2,2-4H3/b7-6-,20-12+. The van der Waals surface area contributed by atoms with Crippen LogP contribution in [0.15, 0.2) is 96.3 Å². The Labute approximate surface area is 194 Å². The van der Waals surface area contributed by atoms with Gasteiger partial charge in [0.15, 0.2) is 0 Å². The number of rotatable bonds is 5. The fourth-order valence-electron chi connectivity index (χ4n) is 5.04. The molecule has 3 heteroatoms. The first-order valence-electron chi connectivity index (χ1n) is 11.1. The van der Waals surface area contributed by atoms with Crippen molar-refractivity contribution in [1.82, 2.24) is 0 Å². The zero-order valence-corrected chi connectivity index (χ0v) is 20.7. The second-order valence-corrected chi connectivity index (χ2v) is 13.5. The molecule has 1 aliphatic rings. The average molecular weight is 454 g/mol. The van der Waals surface area contributed by atoms with E-state index in [4.69, 9.17) is 4.76 Å². The van der Waals surface area contributed by atoms with E-state index in [0.29, 0.717) is 0 Å². The van der Waals surface area contributed by atoms with Crippen LogP contribution in [0.2, 0.25) is 0 Å². The summed E-state index contributed by atoms with van der Waals surface area (Å²) in [5.41, 5.74) is 6.61. The van der Waals surface area contributed by atoms with Crippen LogP contribution in [0.5, 0.6) is 0 Å². The molecule has 0 unspecified atom stereocenters. The molecule has 0 N–H and O–H groups in total. The van der Waals surface area contributed by atoms with Gasteiger partial charge in [0, 0.05) is 0 Å². The predicted molar refractivity (Wildman–Crippen MR) is 149 cm³/mol. The number of hydrogen-bond acceptors (Lipinski definition) is 2. The van der Waals surface area contributed by atoms with Gasteiger partial charge in [-0.2, -0.15) is 0 Å². The number of allylic oxidation sites excluding steroid dienone is 5. The Hall–Kier alpha value is -2.80. The van der Waals surface area contributed by atoms with Crippen molar-refractivity contribution in [2.75, 3.05) is 6.66 Å². The fraction of sp³-hybridized carbons (Fsp3) is 0.138. The van der Waals surface area contributed by atoms with E-state index in [1.807, 2.05) is 23.5 Å². The topological polar surface area (TPSA) is 12.4 Å². The Morgan fingerprint density at radius 2 is 1.78 bits per heavy atom. The minimum atomic E-state index is -2.02. The van der Waals surface area contributed by atoms with Crippen molar-refractivity contribution in [1.29, 1.82) is 0 Å². The van der Waals surface area contributed by atoms with Crippen molar-refractivity contribution in [3.05, 3.63) is 108 Å². The van der Waals surface area contributed by atoms with Crippen LogP contribution in [0.25, 0.3) is 25.7 Å². The zero-order valence-electron chi connectivity index (χ0n) is 18.9. The van der Waals surface area contributed by atoms with Gasteiger partial charge < -0.3 is 0 Å². The molecule has 160 valence electrons. The van der Waals surface area contributed by atoms with E-state index < -0.39 is 7.41 Å². The molecule has 0 saturated carbocycles. The Morgan fingerprint density at radius 3 is 2.62 bits per heavy atom. The van der Waals surface area contributed by atoms with Gasteiger partial charge in [-0.05, 0) is 0 Å². The van der Waals surface area contributed by atoms with Crippen molar-refractivity contribution in [2.24, 2.45) is 4.76 Å². The summed E-state index contributed by atoms with van der Waals surface area (Å²) in [6.45, 7) is 10.6. The van der Waals surface area contributed by atoms with E-state index in [2.05, 4.69) is 99.9 Å². The van der Waals surface area contributed by atoms with Gasteiger partial charge >= 0.3 is 195 Å². The molecular weight excluding hydrogens is 425 g/mol. The molecule has 0 saturated heterocycles. The van der Waals surface area contributed by atoms with Crippen LogP contribution in [0.3, 0.4) is 0 Å². The van der Waals surface area contributed by atoms with Crippen molar-refractivity contribution in [3.8, 4) is 0 Å². The Bertz CT molecular complexity index is 1450. The fourth-order valence-corrected chi connectivity index (χ4v) is 9.96. The van der Waals surface area contributed by atoms with Gasteiger partial charge in [0.25, 0.3) is 0 Å². The Kier molecular flexibility index (Phi) is 5.45. The molecule has 0 amide bonds. The summed E-state index contributed by atoms with van der Waals surface area (Å²) in [4.78, 5) is 0. The first kappa shape index (κ1) is 21.1. The van der Waals surface area contributed by atoms with E-state index in [0.717, 1.165) is 6.16 Å². The monoisotopic (exact) mass is 453 g/mol. The summed E-state index contributed by atoms with van der Waals surface area (Å²) in [6.07, 6.45) is 9.13. The SMILES string of the molecule is C=C/C=C\C=C(/C)c1c(C[PH]2(C)N=C(C)c3ccccc32)ccc2c1sc1ccccc12. The molecule has 4 aromatic rings. The van der Waals surface area contributed by atoms with Gasteiger partial charge in [-0.1, -0.05) is 0 Å². The van der Waals surface area contributed by atoms with Crippen molar-refractivity contribution >= 4 is 55.5 Å². The summed E-state index contributed by atoms with van der Waals surface area (Å²) in [6, 6.07) is 22.3. The second kappa shape index (κ2) is 8.28. The number of thiophene rings is 1. The molecule has 0 radical (unpaired) electrons. The summed E-state index contributed by atoms with van der Waals surface area (Å²) >= 11 is 1.91. The quantitative estimate of drug-likeness (QED) is 0.214. The Morgan fingerprint density at radius 1 is 1.00 bits per heavy atom. The van der Waals surface area contributed by atoms with Crippen LogP contribution in [0.1, 0.15) is 30.5 Å². The summed E-state index contributed by atoms with van der Waals surface area (Å²) in [5.74, 6) is 0. The predicted octanol–water partition coefficient (Wildman–Crippen LogP) is 8.14. The van der Waals surface area contributed by atoms with Crippen LogP contribution >= 0.6 is 18.7 Å². The maximum absolute atomic E-state index is 5.29. The molecule has 5 rings (SSSR count). The van der Waals surface area contributed by atoms with Crippen molar-refractivity contribution in [2.45, 2.75) is 20.0 Å². The van der Waals surface area contributed by atoms with Gasteiger partial charge in [0.05, 0.1) is 0 Å². The molecule has 1 nitrogen and oxygen atoms in total. The number of hydrogen-bond donors (Lipinski definition) is 0. The van der Waals surface area contributed by atoms with Crippen LogP contribution in [0, 0.1) is 0 Å². The number of fused-ring (bicyclic) bond motifs is 4. The van der Waals surface area contributed by atoms with Crippen molar-refractivity contribution in [3.63, 3.8) is 0 Å². The first-order valence-corrected chi connectivity index (χ1v) is 14.5. The third-order valence-electron chi connectivity index (χ3n) is 6.47. The Balaban J connectivity index is 1.72. The van der Waals surface area contributed by atoms with E-state index in [1.54, 1.807) is 0 Å². The second-order valence-electron chi connectivity index (χ2n) is 8.74.